The molecule has 0 radical (unpaired) electrons. The van der Waals surface area contributed by atoms with Crippen LogP contribution in [-0.2, 0) is 0 Å². The van der Waals surface area contributed by atoms with Crippen molar-refractivity contribution in [2.75, 3.05) is 6.61 Å². The molecule has 0 aromatic heterocycles. The Hall–Kier alpha value is -1.28. The Morgan fingerprint density at radius 3 is 2.09 bits per heavy atom. The minimum absolute atomic E-state index is 0.234. The molecule has 0 fully saturated rings. The van der Waals surface area contributed by atoms with Crippen LogP contribution in [0.3, 0.4) is 0 Å². The molecule has 132 valence electrons. The monoisotopic (exact) mass is 319 g/mol. The van der Waals surface area contributed by atoms with Crippen LogP contribution in [-0.4, -0.2) is 17.7 Å². The van der Waals surface area contributed by atoms with Gasteiger partial charge in [0.2, 0.25) is 0 Å². The molecule has 2 heteroatoms. The van der Waals surface area contributed by atoms with Crippen LogP contribution in [0.5, 0.6) is 5.75 Å². The van der Waals surface area contributed by atoms with Crippen molar-refractivity contribution in [3.63, 3.8) is 0 Å². The van der Waals surface area contributed by atoms with Crippen LogP contribution < -0.4 is 10.1 Å². The molecule has 0 aliphatic carbocycles. The minimum Gasteiger partial charge on any atom is -0.494 e. The normalized spacial score (nSPS) is 11.4. The smallest absolute Gasteiger partial charge is 0.119 e. The highest BCUT2D eigenvalue weighted by Gasteiger charge is 2.18. The molecule has 1 rings (SSSR count). The molecule has 0 unspecified atom stereocenters. The SMILES string of the molecule is C=Cc1cccc(OCCCCC)c1.CC(C)(C)NC(C)(C)C. The largest absolute Gasteiger partial charge is 0.494 e. The van der Waals surface area contributed by atoms with Crippen molar-refractivity contribution in [1.82, 2.24) is 5.32 Å². The second-order valence-corrected chi connectivity index (χ2v) is 7.96. The van der Waals surface area contributed by atoms with Gasteiger partial charge in [0.1, 0.15) is 5.75 Å². The van der Waals surface area contributed by atoms with E-state index in [1.807, 2.05) is 30.3 Å². The zero-order valence-corrected chi connectivity index (χ0v) is 16.3. The van der Waals surface area contributed by atoms with Gasteiger partial charge >= 0.3 is 0 Å². The first-order chi connectivity index (χ1) is 10.6. The third-order valence-corrected chi connectivity index (χ3v) is 2.86. The van der Waals surface area contributed by atoms with Gasteiger partial charge in [0, 0.05) is 11.1 Å². The summed E-state index contributed by atoms with van der Waals surface area (Å²) in [7, 11) is 0. The Balaban J connectivity index is 0.000000468. The summed E-state index contributed by atoms with van der Waals surface area (Å²) in [4.78, 5) is 0. The maximum atomic E-state index is 5.60. The van der Waals surface area contributed by atoms with Crippen molar-refractivity contribution in [3.05, 3.63) is 36.4 Å². The van der Waals surface area contributed by atoms with Crippen molar-refractivity contribution >= 4 is 6.08 Å². The number of benzene rings is 1. The van der Waals surface area contributed by atoms with Crippen molar-refractivity contribution in [2.24, 2.45) is 0 Å². The number of unbranched alkanes of at least 4 members (excludes halogenated alkanes) is 2. The van der Waals surface area contributed by atoms with Gasteiger partial charge in [-0.3, -0.25) is 0 Å². The number of nitrogens with one attached hydrogen (secondary N) is 1. The highest BCUT2D eigenvalue weighted by molar-refractivity contribution is 5.49. The summed E-state index contributed by atoms with van der Waals surface area (Å²) in [5, 5.41) is 3.46. The van der Waals surface area contributed by atoms with Crippen LogP contribution in [0, 0.1) is 0 Å². The van der Waals surface area contributed by atoms with E-state index in [1.54, 1.807) is 0 Å². The van der Waals surface area contributed by atoms with Gasteiger partial charge in [-0.25, -0.2) is 0 Å². The second kappa shape index (κ2) is 10.5. The number of ether oxygens (including phenoxy) is 1. The van der Waals surface area contributed by atoms with E-state index in [4.69, 9.17) is 4.74 Å². The molecule has 0 spiro atoms. The lowest BCUT2D eigenvalue weighted by Crippen LogP contribution is -2.48. The molecule has 0 saturated carbocycles. The van der Waals surface area contributed by atoms with E-state index in [2.05, 4.69) is 60.4 Å². The highest BCUT2D eigenvalue weighted by Crippen LogP contribution is 2.14. The van der Waals surface area contributed by atoms with E-state index in [0.717, 1.165) is 24.3 Å². The average Bonchev–Trinajstić information content (AvgIpc) is 2.40. The molecule has 1 aromatic rings. The fourth-order valence-corrected chi connectivity index (χ4v) is 2.40. The third-order valence-electron chi connectivity index (χ3n) is 2.86. The molecule has 0 aliphatic heterocycles. The summed E-state index contributed by atoms with van der Waals surface area (Å²) in [5.41, 5.74) is 1.58. The third kappa shape index (κ3) is 14.1. The lowest BCUT2D eigenvalue weighted by molar-refractivity contribution is 0.303. The van der Waals surface area contributed by atoms with Gasteiger partial charge < -0.3 is 10.1 Å². The van der Waals surface area contributed by atoms with Crippen LogP contribution in [0.25, 0.3) is 6.08 Å². The van der Waals surface area contributed by atoms with E-state index in [-0.39, 0.29) is 11.1 Å². The van der Waals surface area contributed by atoms with Gasteiger partial charge in [-0.05, 0) is 65.7 Å². The van der Waals surface area contributed by atoms with Crippen molar-refractivity contribution < 1.29 is 4.74 Å². The van der Waals surface area contributed by atoms with Gasteiger partial charge in [0.25, 0.3) is 0 Å². The molecule has 0 amide bonds. The van der Waals surface area contributed by atoms with Crippen molar-refractivity contribution in [1.29, 1.82) is 0 Å². The molecule has 0 bridgehead atoms. The van der Waals surface area contributed by atoms with E-state index in [1.165, 1.54) is 12.8 Å². The summed E-state index contributed by atoms with van der Waals surface area (Å²) < 4.78 is 5.60. The Morgan fingerprint density at radius 1 is 1.04 bits per heavy atom. The minimum atomic E-state index is 0.234. The Bertz CT molecular complexity index is 426. The molecule has 1 aromatic carbocycles. The van der Waals surface area contributed by atoms with Crippen LogP contribution in [0.15, 0.2) is 30.8 Å². The molecular weight excluding hydrogens is 282 g/mol. The second-order valence-electron chi connectivity index (χ2n) is 7.96. The number of hydrogen-bond donors (Lipinski definition) is 1. The maximum Gasteiger partial charge on any atom is 0.119 e. The molecule has 0 atom stereocenters. The summed E-state index contributed by atoms with van der Waals surface area (Å²) >= 11 is 0. The molecule has 1 N–H and O–H groups in total. The molecule has 2 nitrogen and oxygen atoms in total. The highest BCUT2D eigenvalue weighted by atomic mass is 16.5. The standard InChI is InChI=1S/C13H18O.C8H19N/c1-3-5-6-10-14-13-9-7-8-12(4-2)11-13;1-7(2,3)9-8(4,5)6/h4,7-9,11H,2-3,5-6,10H2,1H3;9H,1-6H3. The lowest BCUT2D eigenvalue weighted by Gasteiger charge is -2.31. The van der Waals surface area contributed by atoms with E-state index in [0.29, 0.717) is 0 Å². The van der Waals surface area contributed by atoms with E-state index < -0.39 is 0 Å². The zero-order valence-electron chi connectivity index (χ0n) is 16.3. The Labute approximate surface area is 144 Å². The molecule has 0 saturated heterocycles. The predicted molar refractivity (Wildman–Crippen MR) is 104 cm³/mol. The predicted octanol–water partition coefficient (Wildman–Crippen LogP) is 6.07. The van der Waals surface area contributed by atoms with E-state index in [9.17, 15) is 0 Å². The van der Waals surface area contributed by atoms with Crippen LogP contribution in [0.2, 0.25) is 0 Å². The van der Waals surface area contributed by atoms with Crippen molar-refractivity contribution in [2.45, 2.75) is 78.8 Å². The molecule has 23 heavy (non-hydrogen) atoms. The lowest BCUT2D eigenvalue weighted by atomic mass is 10.0. The summed E-state index contributed by atoms with van der Waals surface area (Å²) in [6, 6.07) is 8.01. The van der Waals surface area contributed by atoms with Crippen LogP contribution in [0.1, 0.15) is 73.3 Å². The summed E-state index contributed by atoms with van der Waals surface area (Å²) in [6.45, 7) is 19.8. The summed E-state index contributed by atoms with van der Waals surface area (Å²) in [5.74, 6) is 0.943. The molecule has 0 aliphatic rings. The Morgan fingerprint density at radius 2 is 1.65 bits per heavy atom. The van der Waals surface area contributed by atoms with E-state index >= 15 is 0 Å². The van der Waals surface area contributed by atoms with Crippen molar-refractivity contribution in [3.8, 4) is 5.75 Å². The molecule has 0 heterocycles. The Kier molecular flexibility index (Phi) is 9.90. The fourth-order valence-electron chi connectivity index (χ4n) is 2.40. The zero-order chi connectivity index (χ0) is 17.9. The van der Waals surface area contributed by atoms with Gasteiger partial charge in [-0.15, -0.1) is 0 Å². The topological polar surface area (TPSA) is 21.3 Å². The number of rotatable bonds is 6. The quantitative estimate of drug-likeness (QED) is 0.642. The average molecular weight is 320 g/mol. The van der Waals surface area contributed by atoms with Gasteiger partial charge in [0.15, 0.2) is 0 Å². The van der Waals surface area contributed by atoms with Crippen LogP contribution in [0.4, 0.5) is 0 Å². The van der Waals surface area contributed by atoms with Crippen LogP contribution >= 0.6 is 0 Å². The number of hydrogen-bond acceptors (Lipinski definition) is 2. The first-order valence-corrected chi connectivity index (χ1v) is 8.72. The first kappa shape index (κ1) is 21.7. The molecular formula is C21H37NO. The van der Waals surface area contributed by atoms with Gasteiger partial charge in [0.05, 0.1) is 6.61 Å². The van der Waals surface area contributed by atoms with Gasteiger partial charge in [-0.2, -0.15) is 0 Å². The van der Waals surface area contributed by atoms with Gasteiger partial charge in [-0.1, -0.05) is 44.6 Å². The summed E-state index contributed by atoms with van der Waals surface area (Å²) in [6.07, 6.45) is 5.44. The fraction of sp³-hybridized carbons (Fsp3) is 0.619. The maximum absolute atomic E-state index is 5.60. The first-order valence-electron chi connectivity index (χ1n) is 8.72.